The Balaban J connectivity index is 1.55. The predicted octanol–water partition coefficient (Wildman–Crippen LogP) is 6.63. The molecule has 5 heteroatoms. The summed E-state index contributed by atoms with van der Waals surface area (Å²) in [5.41, 5.74) is 4.69. The number of aromatic nitrogens is 1. The number of para-hydroxylation sites is 1. The summed E-state index contributed by atoms with van der Waals surface area (Å²) in [6, 6.07) is 21.9. The van der Waals surface area contributed by atoms with E-state index in [0.29, 0.717) is 6.54 Å². The van der Waals surface area contributed by atoms with Gasteiger partial charge in [0, 0.05) is 24.7 Å². The van der Waals surface area contributed by atoms with Crippen molar-refractivity contribution in [3.05, 3.63) is 101 Å². The number of aryl methyl sites for hydroxylation is 1. The Labute approximate surface area is 167 Å². The van der Waals surface area contributed by atoms with Gasteiger partial charge in [-0.3, -0.25) is 0 Å². The monoisotopic (exact) mass is 394 g/mol. The van der Waals surface area contributed by atoms with Crippen LogP contribution < -0.4 is 5.32 Å². The fourth-order valence-electron chi connectivity index (χ4n) is 3.42. The van der Waals surface area contributed by atoms with Crippen LogP contribution in [-0.4, -0.2) is 4.57 Å². The number of alkyl halides is 3. The van der Waals surface area contributed by atoms with Crippen molar-refractivity contribution in [2.45, 2.75) is 26.2 Å². The predicted molar refractivity (Wildman–Crippen MR) is 111 cm³/mol. The number of hydrogen-bond donors (Lipinski definition) is 1. The highest BCUT2D eigenvalue weighted by Gasteiger charge is 2.29. The molecular weight excluding hydrogens is 373 g/mol. The van der Waals surface area contributed by atoms with Crippen molar-refractivity contribution in [3.63, 3.8) is 0 Å². The fraction of sp³-hybridized carbons (Fsp3) is 0.167. The first-order chi connectivity index (χ1) is 13.9. The van der Waals surface area contributed by atoms with Crippen LogP contribution in [0.3, 0.4) is 0 Å². The molecule has 1 aromatic heterocycles. The summed E-state index contributed by atoms with van der Waals surface area (Å²) in [5, 5.41) is 4.46. The average Bonchev–Trinajstić information content (AvgIpc) is 3.05. The van der Waals surface area contributed by atoms with Crippen LogP contribution in [0.15, 0.2) is 79.0 Å². The Kier molecular flexibility index (Phi) is 5.05. The summed E-state index contributed by atoms with van der Waals surface area (Å²) in [6.07, 6.45) is -2.25. The van der Waals surface area contributed by atoms with Crippen molar-refractivity contribution in [1.82, 2.24) is 4.57 Å². The Morgan fingerprint density at radius 3 is 2.17 bits per heavy atom. The molecule has 0 aliphatic rings. The van der Waals surface area contributed by atoms with Gasteiger partial charge in [0.1, 0.15) is 0 Å². The molecule has 0 bridgehead atoms. The zero-order valence-electron chi connectivity index (χ0n) is 16.0. The molecule has 2 nitrogen and oxygen atoms in total. The number of nitrogens with one attached hydrogen (secondary N) is 1. The van der Waals surface area contributed by atoms with E-state index in [1.807, 2.05) is 12.1 Å². The summed E-state index contributed by atoms with van der Waals surface area (Å²) in [4.78, 5) is 0. The molecule has 3 aromatic carbocycles. The van der Waals surface area contributed by atoms with E-state index in [1.165, 1.54) is 23.3 Å². The lowest BCUT2D eigenvalue weighted by atomic mass is 10.1. The van der Waals surface area contributed by atoms with E-state index in [1.54, 1.807) is 0 Å². The minimum absolute atomic E-state index is 0.455. The number of fused-ring (bicyclic) bond motifs is 1. The van der Waals surface area contributed by atoms with Crippen molar-refractivity contribution < 1.29 is 13.2 Å². The summed E-state index contributed by atoms with van der Waals surface area (Å²) in [5.74, 6) is 0. The third-order valence-electron chi connectivity index (χ3n) is 5.03. The Morgan fingerprint density at radius 1 is 0.828 bits per heavy atom. The standard InChI is InChI=1S/C24H21F3N2/c1-17-6-8-19(9-7-17)15-29-16-22(21-4-2-3-5-23(21)29)28-14-18-10-12-20(13-11-18)24(25,26)27/h2-13,16,28H,14-15H2,1H3. The lowest BCUT2D eigenvalue weighted by molar-refractivity contribution is -0.137. The van der Waals surface area contributed by atoms with Crippen molar-refractivity contribution >= 4 is 16.6 Å². The first-order valence-corrected chi connectivity index (χ1v) is 9.43. The third-order valence-corrected chi connectivity index (χ3v) is 5.03. The van der Waals surface area contributed by atoms with E-state index in [-0.39, 0.29) is 0 Å². The van der Waals surface area contributed by atoms with Gasteiger partial charge in [0.25, 0.3) is 0 Å². The van der Waals surface area contributed by atoms with Gasteiger partial charge in [-0.2, -0.15) is 13.2 Å². The maximum absolute atomic E-state index is 12.7. The van der Waals surface area contributed by atoms with Crippen LogP contribution in [0.1, 0.15) is 22.3 Å². The van der Waals surface area contributed by atoms with Gasteiger partial charge in [0.15, 0.2) is 0 Å². The third kappa shape index (κ3) is 4.29. The van der Waals surface area contributed by atoms with Crippen LogP contribution in [0.2, 0.25) is 0 Å². The molecule has 148 valence electrons. The average molecular weight is 394 g/mol. The molecule has 29 heavy (non-hydrogen) atoms. The normalized spacial score (nSPS) is 11.7. The lowest BCUT2D eigenvalue weighted by Crippen LogP contribution is -2.05. The van der Waals surface area contributed by atoms with E-state index < -0.39 is 11.7 Å². The van der Waals surface area contributed by atoms with Gasteiger partial charge in [-0.15, -0.1) is 0 Å². The van der Waals surface area contributed by atoms with Crippen LogP contribution in [0.4, 0.5) is 18.9 Å². The van der Waals surface area contributed by atoms with Gasteiger partial charge in [-0.25, -0.2) is 0 Å². The number of nitrogens with zero attached hydrogens (tertiary/aromatic N) is 1. The summed E-state index contributed by atoms with van der Waals surface area (Å²) in [7, 11) is 0. The van der Waals surface area contributed by atoms with Crippen molar-refractivity contribution in [2.75, 3.05) is 5.32 Å². The minimum atomic E-state index is -4.31. The summed E-state index contributed by atoms with van der Waals surface area (Å²) >= 11 is 0. The molecule has 0 radical (unpaired) electrons. The zero-order chi connectivity index (χ0) is 20.4. The summed E-state index contributed by atoms with van der Waals surface area (Å²) < 4.78 is 40.4. The number of benzene rings is 3. The van der Waals surface area contributed by atoms with Gasteiger partial charge in [0.2, 0.25) is 0 Å². The highest BCUT2D eigenvalue weighted by molar-refractivity contribution is 5.93. The second-order valence-electron chi connectivity index (χ2n) is 7.22. The Bertz CT molecular complexity index is 1110. The topological polar surface area (TPSA) is 17.0 Å². The van der Waals surface area contributed by atoms with E-state index in [9.17, 15) is 13.2 Å². The second-order valence-corrected chi connectivity index (χ2v) is 7.22. The number of hydrogen-bond acceptors (Lipinski definition) is 1. The second kappa shape index (κ2) is 7.66. The molecule has 1 heterocycles. The molecule has 0 amide bonds. The van der Waals surface area contributed by atoms with Crippen LogP contribution in [0.25, 0.3) is 10.9 Å². The van der Waals surface area contributed by atoms with E-state index in [0.717, 1.165) is 40.8 Å². The summed E-state index contributed by atoms with van der Waals surface area (Å²) in [6.45, 7) is 3.28. The molecule has 4 aromatic rings. The molecule has 0 aliphatic heterocycles. The van der Waals surface area contributed by atoms with Gasteiger partial charge >= 0.3 is 6.18 Å². The van der Waals surface area contributed by atoms with Gasteiger partial charge in [-0.05, 0) is 36.2 Å². The molecule has 0 saturated carbocycles. The molecule has 0 spiro atoms. The molecule has 0 saturated heterocycles. The number of anilines is 1. The maximum atomic E-state index is 12.7. The largest absolute Gasteiger partial charge is 0.416 e. The van der Waals surface area contributed by atoms with Crippen LogP contribution >= 0.6 is 0 Å². The molecule has 0 unspecified atom stereocenters. The SMILES string of the molecule is Cc1ccc(Cn2cc(NCc3ccc(C(F)(F)F)cc3)c3ccccc32)cc1. The Hall–Kier alpha value is -3.21. The van der Waals surface area contributed by atoms with Crippen molar-refractivity contribution in [2.24, 2.45) is 0 Å². The molecule has 4 rings (SSSR count). The highest BCUT2D eigenvalue weighted by Crippen LogP contribution is 2.30. The fourth-order valence-corrected chi connectivity index (χ4v) is 3.42. The van der Waals surface area contributed by atoms with E-state index in [2.05, 4.69) is 59.4 Å². The zero-order valence-corrected chi connectivity index (χ0v) is 16.0. The smallest absolute Gasteiger partial charge is 0.379 e. The quantitative estimate of drug-likeness (QED) is 0.402. The first kappa shape index (κ1) is 19.1. The minimum Gasteiger partial charge on any atom is -0.379 e. The van der Waals surface area contributed by atoms with Crippen LogP contribution in [0, 0.1) is 6.92 Å². The number of halogens is 3. The number of rotatable bonds is 5. The lowest BCUT2D eigenvalue weighted by Gasteiger charge is -2.09. The molecule has 1 N–H and O–H groups in total. The maximum Gasteiger partial charge on any atom is 0.416 e. The molecule has 0 aliphatic carbocycles. The Morgan fingerprint density at radius 2 is 1.48 bits per heavy atom. The van der Waals surface area contributed by atoms with Gasteiger partial charge in [-0.1, -0.05) is 60.2 Å². The van der Waals surface area contributed by atoms with Crippen LogP contribution in [0.5, 0.6) is 0 Å². The molecule has 0 fully saturated rings. The van der Waals surface area contributed by atoms with Crippen molar-refractivity contribution in [3.8, 4) is 0 Å². The molecular formula is C24H21F3N2. The first-order valence-electron chi connectivity index (χ1n) is 9.43. The van der Waals surface area contributed by atoms with Gasteiger partial charge in [0.05, 0.1) is 16.8 Å². The van der Waals surface area contributed by atoms with E-state index in [4.69, 9.17) is 0 Å². The van der Waals surface area contributed by atoms with Crippen LogP contribution in [-0.2, 0) is 19.3 Å². The highest BCUT2D eigenvalue weighted by atomic mass is 19.4. The van der Waals surface area contributed by atoms with Gasteiger partial charge < -0.3 is 9.88 Å². The molecule has 0 atom stereocenters. The van der Waals surface area contributed by atoms with E-state index >= 15 is 0 Å². The van der Waals surface area contributed by atoms with Crippen molar-refractivity contribution in [1.29, 1.82) is 0 Å².